The molecule has 1 aromatic heterocycles. The van der Waals surface area contributed by atoms with E-state index in [2.05, 4.69) is 18.8 Å². The predicted octanol–water partition coefficient (Wildman–Crippen LogP) is 1.37. The molecule has 94 valence electrons. The Balaban J connectivity index is 2.04. The van der Waals surface area contributed by atoms with Gasteiger partial charge >= 0.3 is 0 Å². The number of carbonyl (C=O) groups is 1. The van der Waals surface area contributed by atoms with Crippen molar-refractivity contribution in [2.45, 2.75) is 20.3 Å². The largest absolute Gasteiger partial charge is 0.337 e. The van der Waals surface area contributed by atoms with Crippen LogP contribution in [0.2, 0.25) is 0 Å². The number of aromatic nitrogens is 1. The molecule has 1 aliphatic heterocycles. The summed E-state index contributed by atoms with van der Waals surface area (Å²) < 4.78 is 0. The van der Waals surface area contributed by atoms with Gasteiger partial charge in [-0.3, -0.25) is 4.79 Å². The van der Waals surface area contributed by atoms with Gasteiger partial charge in [0.1, 0.15) is 5.69 Å². The van der Waals surface area contributed by atoms with Gasteiger partial charge in [0.15, 0.2) is 0 Å². The van der Waals surface area contributed by atoms with Crippen LogP contribution in [0.5, 0.6) is 0 Å². The third kappa shape index (κ3) is 2.66. The highest BCUT2D eigenvalue weighted by atomic mass is 32.1. The molecule has 5 heteroatoms. The Morgan fingerprint density at radius 2 is 2.18 bits per heavy atom. The zero-order valence-corrected chi connectivity index (χ0v) is 11.2. The maximum Gasteiger partial charge on any atom is 0.273 e. The minimum absolute atomic E-state index is 0.0701. The summed E-state index contributed by atoms with van der Waals surface area (Å²) in [4.78, 5) is 18.4. The molecule has 1 aromatic rings. The number of rotatable bonds is 3. The van der Waals surface area contributed by atoms with Crippen LogP contribution >= 0.6 is 11.3 Å². The number of likely N-dealkylation sites (tertiary alicyclic amines) is 1. The van der Waals surface area contributed by atoms with Gasteiger partial charge in [-0.2, -0.15) is 0 Å². The summed E-state index contributed by atoms with van der Waals surface area (Å²) in [6, 6.07) is 0. The van der Waals surface area contributed by atoms with Gasteiger partial charge in [-0.25, -0.2) is 4.98 Å². The van der Waals surface area contributed by atoms with Crippen LogP contribution in [-0.4, -0.2) is 35.4 Å². The standard InChI is InChI=1S/C12H19N3OS/c1-8-5-15(6-9(8)2)12(16)10-7-17-11(14-10)3-4-13/h7-9H,3-6,13H2,1-2H3/t8-,9+. The van der Waals surface area contributed by atoms with Crippen LogP contribution in [-0.2, 0) is 6.42 Å². The van der Waals surface area contributed by atoms with Gasteiger partial charge in [0.05, 0.1) is 5.01 Å². The first kappa shape index (κ1) is 12.5. The lowest BCUT2D eigenvalue weighted by atomic mass is 10.0. The Kier molecular flexibility index (Phi) is 3.79. The summed E-state index contributed by atoms with van der Waals surface area (Å²) in [5.41, 5.74) is 6.06. The number of nitrogens with two attached hydrogens (primary N) is 1. The van der Waals surface area contributed by atoms with E-state index < -0.39 is 0 Å². The molecule has 1 saturated heterocycles. The first-order valence-electron chi connectivity index (χ1n) is 6.05. The Labute approximate surface area is 106 Å². The van der Waals surface area contributed by atoms with Gasteiger partial charge in [-0.15, -0.1) is 11.3 Å². The Morgan fingerprint density at radius 3 is 2.76 bits per heavy atom. The van der Waals surface area contributed by atoms with E-state index in [-0.39, 0.29) is 5.91 Å². The molecule has 2 heterocycles. The van der Waals surface area contributed by atoms with Crippen LogP contribution in [0, 0.1) is 11.8 Å². The van der Waals surface area contributed by atoms with Crippen LogP contribution in [0.3, 0.4) is 0 Å². The molecular formula is C12H19N3OS. The Hall–Kier alpha value is -0.940. The fraction of sp³-hybridized carbons (Fsp3) is 0.667. The molecule has 17 heavy (non-hydrogen) atoms. The molecular weight excluding hydrogens is 234 g/mol. The quantitative estimate of drug-likeness (QED) is 0.885. The van der Waals surface area contributed by atoms with E-state index >= 15 is 0 Å². The highest BCUT2D eigenvalue weighted by molar-refractivity contribution is 7.09. The van der Waals surface area contributed by atoms with E-state index in [0.29, 0.717) is 24.1 Å². The molecule has 4 nitrogen and oxygen atoms in total. The number of amides is 1. The van der Waals surface area contributed by atoms with Crippen molar-refractivity contribution in [3.63, 3.8) is 0 Å². The first-order valence-corrected chi connectivity index (χ1v) is 6.93. The lowest BCUT2D eigenvalue weighted by molar-refractivity contribution is 0.0780. The monoisotopic (exact) mass is 253 g/mol. The summed E-state index contributed by atoms with van der Waals surface area (Å²) in [6.45, 7) is 6.67. The second-order valence-corrected chi connectivity index (χ2v) is 5.77. The van der Waals surface area contributed by atoms with Crippen LogP contribution in [0.1, 0.15) is 29.3 Å². The van der Waals surface area contributed by atoms with Crippen LogP contribution < -0.4 is 5.73 Å². The van der Waals surface area contributed by atoms with Crippen molar-refractivity contribution < 1.29 is 4.79 Å². The van der Waals surface area contributed by atoms with Crippen LogP contribution in [0.25, 0.3) is 0 Å². The van der Waals surface area contributed by atoms with E-state index in [1.54, 1.807) is 0 Å². The van der Waals surface area contributed by atoms with Gasteiger partial charge < -0.3 is 10.6 Å². The smallest absolute Gasteiger partial charge is 0.273 e. The molecule has 1 aliphatic rings. The van der Waals surface area contributed by atoms with Crippen molar-refractivity contribution in [3.05, 3.63) is 16.1 Å². The molecule has 1 amide bonds. The summed E-state index contributed by atoms with van der Waals surface area (Å²) in [6.07, 6.45) is 0.755. The van der Waals surface area contributed by atoms with Crippen molar-refractivity contribution in [3.8, 4) is 0 Å². The highest BCUT2D eigenvalue weighted by Crippen LogP contribution is 2.24. The Morgan fingerprint density at radius 1 is 1.53 bits per heavy atom. The lowest BCUT2D eigenvalue weighted by Gasteiger charge is -2.14. The number of hydrogen-bond donors (Lipinski definition) is 1. The zero-order valence-electron chi connectivity index (χ0n) is 10.3. The second kappa shape index (κ2) is 5.14. The van der Waals surface area contributed by atoms with Gasteiger partial charge in [0, 0.05) is 24.9 Å². The van der Waals surface area contributed by atoms with Crippen molar-refractivity contribution in [1.82, 2.24) is 9.88 Å². The summed E-state index contributed by atoms with van der Waals surface area (Å²) in [7, 11) is 0. The van der Waals surface area contributed by atoms with E-state index in [1.807, 2.05) is 10.3 Å². The van der Waals surface area contributed by atoms with E-state index in [0.717, 1.165) is 24.5 Å². The first-order chi connectivity index (χ1) is 8.11. The van der Waals surface area contributed by atoms with Gasteiger partial charge in [-0.05, 0) is 18.4 Å². The SMILES string of the molecule is C[C@@H]1CN(C(=O)c2csc(CCN)n2)C[C@@H]1C. The second-order valence-electron chi connectivity index (χ2n) is 4.83. The van der Waals surface area contributed by atoms with Gasteiger partial charge in [0.25, 0.3) is 5.91 Å². The fourth-order valence-electron chi connectivity index (χ4n) is 2.10. The molecule has 1 fully saturated rings. The van der Waals surface area contributed by atoms with Gasteiger partial charge in [0.2, 0.25) is 0 Å². The number of thiazole rings is 1. The van der Waals surface area contributed by atoms with Crippen molar-refractivity contribution in [2.75, 3.05) is 19.6 Å². The number of hydrogen-bond acceptors (Lipinski definition) is 4. The average Bonchev–Trinajstić information content (AvgIpc) is 2.87. The molecule has 2 N–H and O–H groups in total. The number of carbonyl (C=O) groups excluding carboxylic acids is 1. The highest BCUT2D eigenvalue weighted by Gasteiger charge is 2.30. The summed E-state index contributed by atoms with van der Waals surface area (Å²) >= 11 is 1.52. The molecule has 0 saturated carbocycles. The normalized spacial score (nSPS) is 24.3. The van der Waals surface area contributed by atoms with Crippen molar-refractivity contribution >= 4 is 17.2 Å². The lowest BCUT2D eigenvalue weighted by Crippen LogP contribution is -2.29. The molecule has 0 spiro atoms. The maximum absolute atomic E-state index is 12.2. The molecule has 0 aliphatic carbocycles. The molecule has 2 atom stereocenters. The van der Waals surface area contributed by atoms with Crippen LogP contribution in [0.4, 0.5) is 0 Å². The van der Waals surface area contributed by atoms with Gasteiger partial charge in [-0.1, -0.05) is 13.8 Å². The Bertz CT molecular complexity index is 394. The minimum Gasteiger partial charge on any atom is -0.337 e. The molecule has 0 unspecified atom stereocenters. The predicted molar refractivity (Wildman–Crippen MR) is 69.1 cm³/mol. The van der Waals surface area contributed by atoms with Crippen LogP contribution in [0.15, 0.2) is 5.38 Å². The topological polar surface area (TPSA) is 59.2 Å². The maximum atomic E-state index is 12.2. The van der Waals surface area contributed by atoms with Crippen molar-refractivity contribution in [2.24, 2.45) is 17.6 Å². The minimum atomic E-state index is 0.0701. The molecule has 0 bridgehead atoms. The third-order valence-corrected chi connectivity index (χ3v) is 4.31. The summed E-state index contributed by atoms with van der Waals surface area (Å²) in [5, 5.41) is 2.80. The molecule has 0 aromatic carbocycles. The molecule has 0 radical (unpaired) electrons. The third-order valence-electron chi connectivity index (χ3n) is 3.40. The van der Waals surface area contributed by atoms with E-state index in [4.69, 9.17) is 5.73 Å². The number of nitrogens with zero attached hydrogens (tertiary/aromatic N) is 2. The van der Waals surface area contributed by atoms with E-state index in [9.17, 15) is 4.79 Å². The molecule has 2 rings (SSSR count). The summed E-state index contributed by atoms with van der Waals surface area (Å²) in [5.74, 6) is 1.24. The van der Waals surface area contributed by atoms with E-state index in [1.165, 1.54) is 11.3 Å². The average molecular weight is 253 g/mol. The fourth-order valence-corrected chi connectivity index (χ4v) is 2.89. The van der Waals surface area contributed by atoms with Crippen molar-refractivity contribution in [1.29, 1.82) is 0 Å². The zero-order chi connectivity index (χ0) is 12.4.